The first kappa shape index (κ1) is 10.7. The van der Waals surface area contributed by atoms with Gasteiger partial charge in [-0.25, -0.2) is 0 Å². The Kier molecular flexibility index (Phi) is 3.10. The van der Waals surface area contributed by atoms with Gasteiger partial charge >= 0.3 is 0 Å². The summed E-state index contributed by atoms with van der Waals surface area (Å²) in [5.41, 5.74) is 4.16. The normalized spacial score (nSPS) is 18.3. The van der Waals surface area contributed by atoms with E-state index >= 15 is 0 Å². The minimum Gasteiger partial charge on any atom is -0.317 e. The van der Waals surface area contributed by atoms with Gasteiger partial charge in [0.15, 0.2) is 0 Å². The average Bonchev–Trinajstić information content (AvgIpc) is 2.55. The van der Waals surface area contributed by atoms with Gasteiger partial charge < -0.3 is 5.32 Å². The van der Waals surface area contributed by atoms with Crippen LogP contribution in [0.25, 0.3) is 0 Å². The molecule has 0 amide bonds. The van der Waals surface area contributed by atoms with Crippen LogP contribution in [-0.4, -0.2) is 22.9 Å². The van der Waals surface area contributed by atoms with Crippen LogP contribution in [0.1, 0.15) is 42.6 Å². The van der Waals surface area contributed by atoms with Crippen molar-refractivity contribution in [2.75, 3.05) is 13.1 Å². The van der Waals surface area contributed by atoms with Crippen LogP contribution < -0.4 is 5.32 Å². The molecule has 1 aliphatic heterocycles. The van der Waals surface area contributed by atoms with Crippen LogP contribution in [-0.2, 0) is 13.5 Å². The van der Waals surface area contributed by atoms with Gasteiger partial charge in [-0.2, -0.15) is 5.10 Å². The summed E-state index contributed by atoms with van der Waals surface area (Å²) in [4.78, 5) is 0. The van der Waals surface area contributed by atoms with Crippen molar-refractivity contribution in [3.63, 3.8) is 0 Å². The minimum atomic E-state index is 0.678. The number of nitrogens with zero attached hydrogens (tertiary/aromatic N) is 2. The SMILES string of the molecule is CCc1c(C)c(C2CCNCC2)nn1C. The second-order valence-corrected chi connectivity index (χ2v) is 4.46. The van der Waals surface area contributed by atoms with E-state index in [2.05, 4.69) is 30.9 Å². The summed E-state index contributed by atoms with van der Waals surface area (Å²) >= 11 is 0. The van der Waals surface area contributed by atoms with Crippen molar-refractivity contribution in [2.24, 2.45) is 7.05 Å². The van der Waals surface area contributed by atoms with Crippen LogP contribution in [0.2, 0.25) is 0 Å². The molecule has 2 heterocycles. The van der Waals surface area contributed by atoms with Crippen molar-refractivity contribution in [2.45, 2.75) is 39.0 Å². The first-order chi connectivity index (χ1) is 7.24. The second kappa shape index (κ2) is 4.35. The Morgan fingerprint density at radius 2 is 2.07 bits per heavy atom. The average molecular weight is 207 g/mol. The third-order valence-electron chi connectivity index (χ3n) is 3.53. The Bertz CT molecular complexity index is 335. The lowest BCUT2D eigenvalue weighted by Gasteiger charge is -2.21. The maximum atomic E-state index is 4.69. The lowest BCUT2D eigenvalue weighted by Crippen LogP contribution is -2.27. The van der Waals surface area contributed by atoms with E-state index in [0.29, 0.717) is 5.92 Å². The highest BCUT2D eigenvalue weighted by molar-refractivity contribution is 5.28. The van der Waals surface area contributed by atoms with Crippen LogP contribution in [0, 0.1) is 6.92 Å². The molecule has 84 valence electrons. The molecule has 0 spiro atoms. The molecule has 3 nitrogen and oxygen atoms in total. The summed E-state index contributed by atoms with van der Waals surface area (Å²) in [6, 6.07) is 0. The quantitative estimate of drug-likeness (QED) is 0.801. The summed E-state index contributed by atoms with van der Waals surface area (Å²) < 4.78 is 2.06. The van der Waals surface area contributed by atoms with Gasteiger partial charge in [0.2, 0.25) is 0 Å². The number of piperidine rings is 1. The Morgan fingerprint density at radius 1 is 1.40 bits per heavy atom. The molecule has 1 fully saturated rings. The fourth-order valence-electron chi connectivity index (χ4n) is 2.66. The molecule has 1 aromatic rings. The fourth-order valence-corrected chi connectivity index (χ4v) is 2.66. The maximum absolute atomic E-state index is 4.69. The molecule has 0 radical (unpaired) electrons. The van der Waals surface area contributed by atoms with Crippen molar-refractivity contribution in [3.8, 4) is 0 Å². The fraction of sp³-hybridized carbons (Fsp3) is 0.750. The van der Waals surface area contributed by atoms with Gasteiger partial charge in [0.25, 0.3) is 0 Å². The van der Waals surface area contributed by atoms with Gasteiger partial charge in [-0.1, -0.05) is 6.92 Å². The second-order valence-electron chi connectivity index (χ2n) is 4.46. The molecule has 1 aliphatic rings. The topological polar surface area (TPSA) is 29.9 Å². The Labute approximate surface area is 91.9 Å². The zero-order chi connectivity index (χ0) is 10.8. The molecule has 0 aromatic carbocycles. The zero-order valence-corrected chi connectivity index (χ0v) is 10.0. The van der Waals surface area contributed by atoms with Crippen molar-refractivity contribution in [1.29, 1.82) is 0 Å². The summed E-state index contributed by atoms with van der Waals surface area (Å²) in [6.07, 6.45) is 3.56. The van der Waals surface area contributed by atoms with Crippen LogP contribution in [0.15, 0.2) is 0 Å². The minimum absolute atomic E-state index is 0.678. The van der Waals surface area contributed by atoms with Crippen molar-refractivity contribution >= 4 is 0 Å². The first-order valence-electron chi connectivity index (χ1n) is 5.97. The lowest BCUT2D eigenvalue weighted by atomic mass is 9.92. The molecule has 0 unspecified atom stereocenters. The number of aryl methyl sites for hydroxylation is 1. The maximum Gasteiger partial charge on any atom is 0.0688 e. The smallest absolute Gasteiger partial charge is 0.0688 e. The van der Waals surface area contributed by atoms with Gasteiger partial charge in [-0.3, -0.25) is 4.68 Å². The summed E-state index contributed by atoms with van der Waals surface area (Å²) in [6.45, 7) is 6.71. The highest BCUT2D eigenvalue weighted by Gasteiger charge is 2.21. The van der Waals surface area contributed by atoms with E-state index in [1.807, 2.05) is 0 Å². The third kappa shape index (κ3) is 1.93. The van der Waals surface area contributed by atoms with Gasteiger partial charge in [0.1, 0.15) is 0 Å². The lowest BCUT2D eigenvalue weighted by molar-refractivity contribution is 0.449. The number of nitrogens with one attached hydrogen (secondary N) is 1. The van der Waals surface area contributed by atoms with Gasteiger partial charge in [0, 0.05) is 18.7 Å². The monoisotopic (exact) mass is 207 g/mol. The molecule has 15 heavy (non-hydrogen) atoms. The molecule has 3 heteroatoms. The van der Waals surface area contributed by atoms with E-state index in [1.54, 1.807) is 0 Å². The summed E-state index contributed by atoms with van der Waals surface area (Å²) in [5.74, 6) is 0.678. The van der Waals surface area contributed by atoms with Crippen molar-refractivity contribution < 1.29 is 0 Å². The molecule has 1 N–H and O–H groups in total. The summed E-state index contributed by atoms with van der Waals surface area (Å²) in [7, 11) is 2.07. The largest absolute Gasteiger partial charge is 0.317 e. The molecule has 0 aliphatic carbocycles. The number of hydrogen-bond donors (Lipinski definition) is 1. The van der Waals surface area contributed by atoms with E-state index in [1.165, 1.54) is 29.8 Å². The Balaban J connectivity index is 2.27. The first-order valence-corrected chi connectivity index (χ1v) is 5.97. The predicted octanol–water partition coefficient (Wildman–Crippen LogP) is 1.76. The van der Waals surface area contributed by atoms with Crippen molar-refractivity contribution in [1.82, 2.24) is 15.1 Å². The molecule has 1 saturated heterocycles. The number of rotatable bonds is 2. The zero-order valence-electron chi connectivity index (χ0n) is 10.0. The number of aromatic nitrogens is 2. The van der Waals surface area contributed by atoms with Gasteiger partial charge in [-0.15, -0.1) is 0 Å². The van der Waals surface area contributed by atoms with Gasteiger partial charge in [-0.05, 0) is 44.8 Å². The van der Waals surface area contributed by atoms with Crippen LogP contribution in [0.3, 0.4) is 0 Å². The van der Waals surface area contributed by atoms with Crippen LogP contribution in [0.5, 0.6) is 0 Å². The third-order valence-corrected chi connectivity index (χ3v) is 3.53. The van der Waals surface area contributed by atoms with Crippen LogP contribution >= 0.6 is 0 Å². The molecule has 1 aromatic heterocycles. The molecular formula is C12H21N3. The van der Waals surface area contributed by atoms with E-state index in [4.69, 9.17) is 5.10 Å². The van der Waals surface area contributed by atoms with Crippen molar-refractivity contribution in [3.05, 3.63) is 17.0 Å². The molecule has 0 atom stereocenters. The highest BCUT2D eigenvalue weighted by Crippen LogP contribution is 2.28. The Hall–Kier alpha value is -0.830. The van der Waals surface area contributed by atoms with E-state index < -0.39 is 0 Å². The van der Waals surface area contributed by atoms with E-state index in [9.17, 15) is 0 Å². The van der Waals surface area contributed by atoms with E-state index in [0.717, 1.165) is 19.5 Å². The standard InChI is InChI=1S/C12H21N3/c1-4-11-9(2)12(14-15(11)3)10-5-7-13-8-6-10/h10,13H,4-8H2,1-3H3. The van der Waals surface area contributed by atoms with Gasteiger partial charge in [0.05, 0.1) is 5.69 Å². The molecule has 0 saturated carbocycles. The molecule has 0 bridgehead atoms. The summed E-state index contributed by atoms with van der Waals surface area (Å²) in [5, 5.41) is 8.10. The molecule has 2 rings (SSSR count). The number of hydrogen-bond acceptors (Lipinski definition) is 2. The Morgan fingerprint density at radius 3 is 2.60 bits per heavy atom. The molecular weight excluding hydrogens is 186 g/mol. The van der Waals surface area contributed by atoms with Crippen LogP contribution in [0.4, 0.5) is 0 Å². The highest BCUT2D eigenvalue weighted by atomic mass is 15.3. The predicted molar refractivity (Wildman–Crippen MR) is 62.2 cm³/mol. The van der Waals surface area contributed by atoms with E-state index in [-0.39, 0.29) is 0 Å².